The van der Waals surface area contributed by atoms with E-state index in [2.05, 4.69) is 17.2 Å². The number of nitrogens with zero attached hydrogens (tertiary/aromatic N) is 1. The molecule has 2 aromatic rings. The van der Waals surface area contributed by atoms with E-state index in [1.54, 1.807) is 0 Å². The number of hydrogen-bond acceptors (Lipinski definition) is 2. The lowest BCUT2D eigenvalue weighted by molar-refractivity contribution is 0.0144. The van der Waals surface area contributed by atoms with Crippen molar-refractivity contribution in [3.8, 4) is 0 Å². The van der Waals surface area contributed by atoms with Crippen molar-refractivity contribution in [1.29, 1.82) is 0 Å². The number of nitrogens with one attached hydrogen (secondary N) is 2. The highest BCUT2D eigenvalue weighted by molar-refractivity contribution is 6.00. The number of H-pyrrole nitrogens is 1. The Labute approximate surface area is 117 Å². The minimum atomic E-state index is -0.0474. The molecule has 0 saturated carbocycles. The summed E-state index contributed by atoms with van der Waals surface area (Å²) >= 11 is 0. The third-order valence-corrected chi connectivity index (χ3v) is 3.80. The van der Waals surface area contributed by atoms with Gasteiger partial charge in [0, 0.05) is 23.6 Å². The van der Waals surface area contributed by atoms with E-state index in [0.717, 1.165) is 23.0 Å². The van der Waals surface area contributed by atoms with Gasteiger partial charge in [0.15, 0.2) is 0 Å². The maximum atomic E-state index is 12.5. The molecule has 5 nitrogen and oxygen atoms in total. The van der Waals surface area contributed by atoms with Gasteiger partial charge in [-0.1, -0.05) is 13.0 Å². The van der Waals surface area contributed by atoms with Crippen LogP contribution in [0.15, 0.2) is 30.5 Å². The fourth-order valence-corrected chi connectivity index (χ4v) is 2.64. The Hall–Kier alpha value is -2.01. The molecule has 1 aliphatic rings. The molecule has 106 valence electrons. The van der Waals surface area contributed by atoms with E-state index >= 15 is 0 Å². The van der Waals surface area contributed by atoms with Crippen molar-refractivity contribution in [2.45, 2.75) is 19.4 Å². The zero-order chi connectivity index (χ0) is 13.9. The van der Waals surface area contributed by atoms with E-state index in [1.807, 2.05) is 35.4 Å². The lowest BCUT2D eigenvalue weighted by atomic mass is 10.2. The Kier molecular flexibility index (Phi) is 3.60. The number of carbonyl (C=O) groups is 1. The maximum absolute atomic E-state index is 12.5. The van der Waals surface area contributed by atoms with E-state index in [0.29, 0.717) is 19.8 Å². The molecule has 2 N–H and O–H groups in total. The molecule has 0 aliphatic carbocycles. The summed E-state index contributed by atoms with van der Waals surface area (Å²) in [5.41, 5.74) is 1.87. The average Bonchev–Trinajstić information content (AvgIpc) is 2.96. The molecule has 1 fully saturated rings. The van der Waals surface area contributed by atoms with Crippen LogP contribution in [0.3, 0.4) is 0 Å². The van der Waals surface area contributed by atoms with Gasteiger partial charge in [0.1, 0.15) is 0 Å². The number of aromatic nitrogens is 1. The van der Waals surface area contributed by atoms with Gasteiger partial charge in [-0.2, -0.15) is 0 Å². The fraction of sp³-hybridized carbons (Fsp3) is 0.400. The highest BCUT2D eigenvalue weighted by Gasteiger charge is 2.26. The molecule has 3 rings (SSSR count). The van der Waals surface area contributed by atoms with Gasteiger partial charge < -0.3 is 19.9 Å². The third kappa shape index (κ3) is 2.36. The number of urea groups is 1. The van der Waals surface area contributed by atoms with Crippen LogP contribution in [0.2, 0.25) is 0 Å². The molecule has 20 heavy (non-hydrogen) atoms. The number of morpholine rings is 1. The molecule has 1 unspecified atom stereocenters. The predicted molar refractivity (Wildman–Crippen MR) is 78.9 cm³/mol. The second kappa shape index (κ2) is 5.54. The van der Waals surface area contributed by atoms with Crippen molar-refractivity contribution >= 4 is 22.6 Å². The lowest BCUT2D eigenvalue weighted by Gasteiger charge is -2.35. The first-order valence-corrected chi connectivity index (χ1v) is 7.01. The Morgan fingerprint density at radius 2 is 2.40 bits per heavy atom. The highest BCUT2D eigenvalue weighted by atomic mass is 16.5. The van der Waals surface area contributed by atoms with Gasteiger partial charge in [-0.15, -0.1) is 0 Å². The first kappa shape index (κ1) is 13.0. The summed E-state index contributed by atoms with van der Waals surface area (Å²) in [5.74, 6) is 0. The minimum Gasteiger partial charge on any atom is -0.377 e. The van der Waals surface area contributed by atoms with Crippen molar-refractivity contribution in [2.24, 2.45) is 0 Å². The Bertz CT molecular complexity index is 608. The van der Waals surface area contributed by atoms with Gasteiger partial charge in [0.2, 0.25) is 0 Å². The van der Waals surface area contributed by atoms with Crippen LogP contribution in [0.4, 0.5) is 10.5 Å². The molecule has 1 atom stereocenters. The van der Waals surface area contributed by atoms with E-state index in [1.165, 1.54) is 0 Å². The topological polar surface area (TPSA) is 57.4 Å². The number of carbonyl (C=O) groups excluding carboxylic acids is 1. The largest absolute Gasteiger partial charge is 0.377 e. The average molecular weight is 273 g/mol. The van der Waals surface area contributed by atoms with E-state index in [-0.39, 0.29) is 12.1 Å². The van der Waals surface area contributed by atoms with Gasteiger partial charge in [-0.05, 0) is 24.6 Å². The van der Waals surface area contributed by atoms with Crippen LogP contribution in [0.1, 0.15) is 13.3 Å². The summed E-state index contributed by atoms with van der Waals surface area (Å²) in [6.45, 7) is 3.95. The standard InChI is InChI=1S/C15H19N3O2/c1-2-11-10-20-9-8-18(11)15(19)17-14-5-3-4-13-12(14)6-7-16-13/h3-7,11,16H,2,8-10H2,1H3,(H,17,19). The summed E-state index contributed by atoms with van der Waals surface area (Å²) in [4.78, 5) is 17.5. The molecule has 2 heterocycles. The SMILES string of the molecule is CCC1COCCN1C(=O)Nc1cccc2[nH]ccc12. The summed E-state index contributed by atoms with van der Waals surface area (Å²) < 4.78 is 5.43. The lowest BCUT2D eigenvalue weighted by Crippen LogP contribution is -2.50. The number of fused-ring (bicyclic) bond motifs is 1. The van der Waals surface area contributed by atoms with Gasteiger partial charge >= 0.3 is 6.03 Å². The summed E-state index contributed by atoms with van der Waals surface area (Å²) in [5, 5.41) is 4.05. The molecule has 0 spiro atoms. The Balaban J connectivity index is 1.79. The Morgan fingerprint density at radius 3 is 3.25 bits per heavy atom. The smallest absolute Gasteiger partial charge is 0.322 e. The number of benzene rings is 1. The predicted octanol–water partition coefficient (Wildman–Crippen LogP) is 2.81. The van der Waals surface area contributed by atoms with Crippen molar-refractivity contribution in [2.75, 3.05) is 25.1 Å². The first-order chi connectivity index (χ1) is 9.79. The molecular formula is C15H19N3O2. The van der Waals surface area contributed by atoms with Gasteiger partial charge in [-0.25, -0.2) is 4.79 Å². The number of anilines is 1. The van der Waals surface area contributed by atoms with E-state index in [4.69, 9.17) is 4.74 Å². The van der Waals surface area contributed by atoms with Gasteiger partial charge in [-0.3, -0.25) is 0 Å². The summed E-state index contributed by atoms with van der Waals surface area (Å²) in [6.07, 6.45) is 2.78. The van der Waals surface area contributed by atoms with Crippen LogP contribution in [0, 0.1) is 0 Å². The zero-order valence-corrected chi connectivity index (χ0v) is 11.6. The van der Waals surface area contributed by atoms with Crippen LogP contribution in [0.25, 0.3) is 10.9 Å². The molecule has 2 amide bonds. The third-order valence-electron chi connectivity index (χ3n) is 3.80. The number of amides is 2. The number of rotatable bonds is 2. The molecule has 1 aromatic heterocycles. The summed E-state index contributed by atoms with van der Waals surface area (Å²) in [7, 11) is 0. The summed E-state index contributed by atoms with van der Waals surface area (Å²) in [6, 6.07) is 7.94. The van der Waals surface area contributed by atoms with Crippen LogP contribution >= 0.6 is 0 Å². The van der Waals surface area contributed by atoms with Crippen LogP contribution < -0.4 is 5.32 Å². The Morgan fingerprint density at radius 1 is 1.50 bits per heavy atom. The molecular weight excluding hydrogens is 254 g/mol. The number of ether oxygens (including phenoxy) is 1. The minimum absolute atomic E-state index is 0.0474. The van der Waals surface area contributed by atoms with Crippen molar-refractivity contribution in [1.82, 2.24) is 9.88 Å². The van der Waals surface area contributed by atoms with Crippen LogP contribution in [-0.2, 0) is 4.74 Å². The molecule has 0 bridgehead atoms. The van der Waals surface area contributed by atoms with Gasteiger partial charge in [0.25, 0.3) is 0 Å². The van der Waals surface area contributed by atoms with Crippen molar-refractivity contribution < 1.29 is 9.53 Å². The fourth-order valence-electron chi connectivity index (χ4n) is 2.64. The van der Waals surface area contributed by atoms with Crippen molar-refractivity contribution in [3.05, 3.63) is 30.5 Å². The second-order valence-electron chi connectivity index (χ2n) is 5.01. The van der Waals surface area contributed by atoms with E-state index in [9.17, 15) is 4.79 Å². The van der Waals surface area contributed by atoms with Crippen LogP contribution in [0.5, 0.6) is 0 Å². The monoisotopic (exact) mass is 273 g/mol. The van der Waals surface area contributed by atoms with Crippen molar-refractivity contribution in [3.63, 3.8) is 0 Å². The second-order valence-corrected chi connectivity index (χ2v) is 5.01. The molecule has 0 radical (unpaired) electrons. The molecule has 1 aromatic carbocycles. The first-order valence-electron chi connectivity index (χ1n) is 7.01. The van der Waals surface area contributed by atoms with Gasteiger partial charge in [0.05, 0.1) is 24.9 Å². The zero-order valence-electron chi connectivity index (χ0n) is 11.6. The quantitative estimate of drug-likeness (QED) is 0.884. The number of hydrogen-bond donors (Lipinski definition) is 2. The van der Waals surface area contributed by atoms with Crippen LogP contribution in [-0.4, -0.2) is 41.7 Å². The normalized spacial score (nSPS) is 19.2. The maximum Gasteiger partial charge on any atom is 0.322 e. The number of aromatic amines is 1. The highest BCUT2D eigenvalue weighted by Crippen LogP contribution is 2.23. The molecule has 1 saturated heterocycles. The molecule has 5 heteroatoms. The molecule has 1 aliphatic heterocycles. The van der Waals surface area contributed by atoms with E-state index < -0.39 is 0 Å².